The smallest absolute Gasteiger partial charge is 0.221 e. The number of aliphatic imine (C=N–C) groups is 1. The first kappa shape index (κ1) is 17.0. The SMILES string of the molecule is CC(=O)Nc1ccc(N=Cc2ccc(N3Cc4ccccc4C3)cc2)cc1. The molecule has 1 N–H and O–H groups in total. The van der Waals surface area contributed by atoms with Crippen LogP contribution in [0.3, 0.4) is 0 Å². The lowest BCUT2D eigenvalue weighted by Gasteiger charge is -2.17. The van der Waals surface area contributed by atoms with Crippen LogP contribution in [0.15, 0.2) is 77.8 Å². The number of carbonyl (C=O) groups is 1. The van der Waals surface area contributed by atoms with Gasteiger partial charge in [-0.25, -0.2) is 0 Å². The maximum atomic E-state index is 11.1. The highest BCUT2D eigenvalue weighted by molar-refractivity contribution is 5.89. The van der Waals surface area contributed by atoms with Crippen molar-refractivity contribution in [3.8, 4) is 0 Å². The second kappa shape index (κ2) is 7.46. The summed E-state index contributed by atoms with van der Waals surface area (Å²) >= 11 is 0. The van der Waals surface area contributed by atoms with E-state index >= 15 is 0 Å². The zero-order chi connectivity index (χ0) is 18.6. The Morgan fingerprint density at radius 2 is 1.56 bits per heavy atom. The molecule has 0 unspecified atom stereocenters. The molecule has 27 heavy (non-hydrogen) atoms. The van der Waals surface area contributed by atoms with Crippen molar-refractivity contribution >= 4 is 29.2 Å². The van der Waals surface area contributed by atoms with Gasteiger partial charge in [-0.1, -0.05) is 36.4 Å². The summed E-state index contributed by atoms with van der Waals surface area (Å²) in [4.78, 5) is 17.9. The highest BCUT2D eigenvalue weighted by Gasteiger charge is 2.18. The maximum Gasteiger partial charge on any atom is 0.221 e. The molecule has 0 saturated carbocycles. The zero-order valence-corrected chi connectivity index (χ0v) is 15.2. The van der Waals surface area contributed by atoms with Crippen LogP contribution in [-0.2, 0) is 17.9 Å². The second-order valence-electron chi connectivity index (χ2n) is 6.70. The lowest BCUT2D eigenvalue weighted by Crippen LogP contribution is -2.14. The Balaban J connectivity index is 1.41. The van der Waals surface area contributed by atoms with E-state index in [0.29, 0.717) is 0 Å². The first-order valence-corrected chi connectivity index (χ1v) is 9.01. The molecule has 0 spiro atoms. The molecule has 0 fully saturated rings. The Hall–Kier alpha value is -3.40. The number of rotatable bonds is 4. The van der Waals surface area contributed by atoms with Crippen molar-refractivity contribution in [3.05, 3.63) is 89.5 Å². The quantitative estimate of drug-likeness (QED) is 0.676. The van der Waals surface area contributed by atoms with Crippen molar-refractivity contribution in [2.24, 2.45) is 4.99 Å². The number of hydrogen-bond donors (Lipinski definition) is 1. The van der Waals surface area contributed by atoms with Gasteiger partial charge in [0.15, 0.2) is 0 Å². The Morgan fingerprint density at radius 1 is 0.926 bits per heavy atom. The number of benzene rings is 3. The monoisotopic (exact) mass is 355 g/mol. The van der Waals surface area contributed by atoms with Crippen molar-refractivity contribution in [2.75, 3.05) is 10.2 Å². The first-order chi connectivity index (χ1) is 13.2. The molecule has 0 bridgehead atoms. The molecular formula is C23H21N3O. The van der Waals surface area contributed by atoms with Gasteiger partial charge < -0.3 is 10.2 Å². The van der Waals surface area contributed by atoms with E-state index in [4.69, 9.17) is 0 Å². The second-order valence-corrected chi connectivity index (χ2v) is 6.70. The van der Waals surface area contributed by atoms with Gasteiger partial charge in [-0.3, -0.25) is 9.79 Å². The minimum atomic E-state index is -0.0764. The summed E-state index contributed by atoms with van der Waals surface area (Å²) < 4.78 is 0. The van der Waals surface area contributed by atoms with Gasteiger partial charge in [-0.15, -0.1) is 0 Å². The first-order valence-electron chi connectivity index (χ1n) is 9.01. The molecule has 3 aromatic carbocycles. The highest BCUT2D eigenvalue weighted by Crippen LogP contribution is 2.28. The molecule has 1 aliphatic rings. The van der Waals surface area contributed by atoms with Crippen molar-refractivity contribution in [1.82, 2.24) is 0 Å². The van der Waals surface area contributed by atoms with Gasteiger partial charge in [0.1, 0.15) is 0 Å². The van der Waals surface area contributed by atoms with E-state index in [0.717, 1.165) is 30.0 Å². The average molecular weight is 355 g/mol. The number of nitrogens with zero attached hydrogens (tertiary/aromatic N) is 2. The zero-order valence-electron chi connectivity index (χ0n) is 15.2. The molecule has 0 atom stereocenters. The van der Waals surface area contributed by atoms with Crippen LogP contribution in [0.4, 0.5) is 17.1 Å². The predicted octanol–water partition coefficient (Wildman–Crippen LogP) is 4.92. The molecule has 3 aromatic rings. The molecule has 1 aliphatic heterocycles. The van der Waals surface area contributed by atoms with E-state index < -0.39 is 0 Å². The molecule has 4 rings (SSSR count). The fraction of sp³-hybridized carbons (Fsp3) is 0.130. The van der Waals surface area contributed by atoms with E-state index in [-0.39, 0.29) is 5.91 Å². The molecule has 134 valence electrons. The topological polar surface area (TPSA) is 44.7 Å². The molecular weight excluding hydrogens is 334 g/mol. The lowest BCUT2D eigenvalue weighted by atomic mass is 10.1. The maximum absolute atomic E-state index is 11.1. The fourth-order valence-electron chi connectivity index (χ4n) is 3.27. The molecule has 0 aliphatic carbocycles. The third kappa shape index (κ3) is 4.06. The van der Waals surface area contributed by atoms with Gasteiger partial charge >= 0.3 is 0 Å². The number of nitrogens with one attached hydrogen (secondary N) is 1. The van der Waals surface area contributed by atoms with Crippen LogP contribution in [0.25, 0.3) is 0 Å². The number of fused-ring (bicyclic) bond motifs is 1. The minimum Gasteiger partial charge on any atom is -0.363 e. The van der Waals surface area contributed by atoms with Crippen molar-refractivity contribution in [3.63, 3.8) is 0 Å². The third-order valence-corrected chi connectivity index (χ3v) is 4.65. The van der Waals surface area contributed by atoms with Gasteiger partial charge in [-0.05, 0) is 53.1 Å². The predicted molar refractivity (Wildman–Crippen MR) is 111 cm³/mol. The van der Waals surface area contributed by atoms with Crippen LogP contribution in [0.2, 0.25) is 0 Å². The summed E-state index contributed by atoms with van der Waals surface area (Å²) in [6, 6.07) is 24.6. The molecule has 4 nitrogen and oxygen atoms in total. The summed E-state index contributed by atoms with van der Waals surface area (Å²) in [5.41, 5.74) is 6.72. The third-order valence-electron chi connectivity index (χ3n) is 4.65. The van der Waals surface area contributed by atoms with E-state index in [1.54, 1.807) is 0 Å². The molecule has 0 aromatic heterocycles. The Kier molecular flexibility index (Phi) is 4.71. The van der Waals surface area contributed by atoms with E-state index in [1.165, 1.54) is 23.7 Å². The number of carbonyl (C=O) groups excluding carboxylic acids is 1. The average Bonchev–Trinajstić information content (AvgIpc) is 3.12. The van der Waals surface area contributed by atoms with Crippen LogP contribution in [0, 0.1) is 0 Å². The Bertz CT molecular complexity index is 950. The van der Waals surface area contributed by atoms with E-state index in [2.05, 4.69) is 63.7 Å². The standard InChI is InChI=1S/C23H21N3O/c1-17(27)25-22-10-8-21(9-11-22)24-14-18-6-12-23(13-7-18)26-15-19-4-2-3-5-20(19)16-26/h2-14H,15-16H2,1H3,(H,25,27). The van der Waals surface area contributed by atoms with Crippen LogP contribution < -0.4 is 10.2 Å². The summed E-state index contributed by atoms with van der Waals surface area (Å²) in [6.45, 7) is 3.42. The van der Waals surface area contributed by atoms with Crippen molar-refractivity contribution in [2.45, 2.75) is 20.0 Å². The lowest BCUT2D eigenvalue weighted by molar-refractivity contribution is -0.114. The summed E-state index contributed by atoms with van der Waals surface area (Å²) in [5.74, 6) is -0.0764. The molecule has 0 saturated heterocycles. The van der Waals surface area contributed by atoms with Gasteiger partial charge in [-0.2, -0.15) is 0 Å². The molecule has 0 radical (unpaired) electrons. The molecule has 1 amide bonds. The number of anilines is 2. The summed E-state index contributed by atoms with van der Waals surface area (Å²) in [7, 11) is 0. The van der Waals surface area contributed by atoms with Crippen LogP contribution in [0.5, 0.6) is 0 Å². The van der Waals surface area contributed by atoms with Gasteiger partial charge in [0, 0.05) is 37.6 Å². The van der Waals surface area contributed by atoms with Gasteiger partial charge in [0.05, 0.1) is 5.69 Å². The normalized spacial score (nSPS) is 13.0. The largest absolute Gasteiger partial charge is 0.363 e. The minimum absolute atomic E-state index is 0.0764. The highest BCUT2D eigenvalue weighted by atomic mass is 16.1. The van der Waals surface area contributed by atoms with Crippen LogP contribution >= 0.6 is 0 Å². The van der Waals surface area contributed by atoms with Crippen LogP contribution in [0.1, 0.15) is 23.6 Å². The summed E-state index contributed by atoms with van der Waals surface area (Å²) in [6.07, 6.45) is 1.86. The van der Waals surface area contributed by atoms with E-state index in [9.17, 15) is 4.79 Å². The Labute approximate surface area is 159 Å². The number of amides is 1. The van der Waals surface area contributed by atoms with Gasteiger partial charge in [0.2, 0.25) is 5.91 Å². The van der Waals surface area contributed by atoms with Crippen molar-refractivity contribution < 1.29 is 4.79 Å². The number of hydrogen-bond acceptors (Lipinski definition) is 3. The fourth-order valence-corrected chi connectivity index (χ4v) is 3.27. The summed E-state index contributed by atoms with van der Waals surface area (Å²) in [5, 5.41) is 2.75. The molecule has 4 heteroatoms. The van der Waals surface area contributed by atoms with E-state index in [1.807, 2.05) is 30.5 Å². The molecule has 1 heterocycles. The van der Waals surface area contributed by atoms with Gasteiger partial charge in [0.25, 0.3) is 0 Å². The Morgan fingerprint density at radius 3 is 2.15 bits per heavy atom. The van der Waals surface area contributed by atoms with Crippen LogP contribution in [-0.4, -0.2) is 12.1 Å². The van der Waals surface area contributed by atoms with Crippen molar-refractivity contribution in [1.29, 1.82) is 0 Å².